The predicted molar refractivity (Wildman–Crippen MR) is 70.0 cm³/mol. The zero-order valence-corrected chi connectivity index (χ0v) is 11.1. The van der Waals surface area contributed by atoms with E-state index in [-0.39, 0.29) is 0 Å². The van der Waals surface area contributed by atoms with Gasteiger partial charge in [-0.15, -0.1) is 11.3 Å². The Hall–Kier alpha value is -0.410. The van der Waals surface area contributed by atoms with E-state index in [1.807, 2.05) is 0 Å². The number of aromatic nitrogens is 1. The number of nitrogens with zero attached hydrogens (tertiary/aromatic N) is 1. The number of aryl methyl sites for hydroxylation is 1. The van der Waals surface area contributed by atoms with Gasteiger partial charge in [0.05, 0.1) is 10.7 Å². The Labute approximate surface area is 102 Å². The first-order valence-electron chi connectivity index (χ1n) is 6.42. The molecule has 0 amide bonds. The fourth-order valence-electron chi connectivity index (χ4n) is 2.75. The van der Waals surface area contributed by atoms with Crippen molar-refractivity contribution in [2.75, 3.05) is 6.54 Å². The maximum absolute atomic E-state index is 4.57. The summed E-state index contributed by atoms with van der Waals surface area (Å²) < 4.78 is 0. The van der Waals surface area contributed by atoms with Crippen molar-refractivity contribution in [3.8, 4) is 0 Å². The van der Waals surface area contributed by atoms with Crippen molar-refractivity contribution in [2.24, 2.45) is 5.92 Å². The highest BCUT2D eigenvalue weighted by atomic mass is 32.1. The molecule has 3 heteroatoms. The van der Waals surface area contributed by atoms with E-state index in [1.54, 1.807) is 11.3 Å². The predicted octanol–water partition coefficient (Wildman–Crippen LogP) is 3.16. The number of nitrogens with one attached hydrogen (secondary N) is 1. The average molecular weight is 238 g/mol. The van der Waals surface area contributed by atoms with Gasteiger partial charge in [-0.25, -0.2) is 4.98 Å². The van der Waals surface area contributed by atoms with Crippen LogP contribution in [0, 0.1) is 12.8 Å². The van der Waals surface area contributed by atoms with Gasteiger partial charge in [-0.3, -0.25) is 0 Å². The lowest BCUT2D eigenvalue weighted by Gasteiger charge is -2.29. The van der Waals surface area contributed by atoms with Crippen molar-refractivity contribution >= 4 is 11.3 Å². The summed E-state index contributed by atoms with van der Waals surface area (Å²) in [4.78, 5) is 4.57. The Bertz CT molecular complexity index is 319. The van der Waals surface area contributed by atoms with Gasteiger partial charge in [0.1, 0.15) is 0 Å². The second kappa shape index (κ2) is 5.78. The minimum Gasteiger partial charge on any atom is -0.314 e. The van der Waals surface area contributed by atoms with Gasteiger partial charge in [-0.1, -0.05) is 13.3 Å². The van der Waals surface area contributed by atoms with E-state index in [4.69, 9.17) is 0 Å². The maximum Gasteiger partial charge on any atom is 0.0897 e. The highest BCUT2D eigenvalue weighted by Gasteiger charge is 2.21. The molecule has 0 aliphatic heterocycles. The normalized spacial score (nSPS) is 25.9. The summed E-state index contributed by atoms with van der Waals surface area (Å²) >= 11 is 1.78. The fourth-order valence-corrected chi connectivity index (χ4v) is 3.37. The SMILES string of the molecule is CCNC1CCCC(Cc2csc(C)n2)C1. The minimum atomic E-state index is 0.753. The summed E-state index contributed by atoms with van der Waals surface area (Å²) in [6, 6.07) is 0.753. The lowest BCUT2D eigenvalue weighted by Crippen LogP contribution is -2.34. The smallest absolute Gasteiger partial charge is 0.0897 e. The Balaban J connectivity index is 1.85. The summed E-state index contributed by atoms with van der Waals surface area (Å²) in [6.07, 6.45) is 6.65. The van der Waals surface area contributed by atoms with Gasteiger partial charge in [-0.2, -0.15) is 0 Å². The van der Waals surface area contributed by atoms with E-state index in [2.05, 4.69) is 29.5 Å². The first kappa shape index (κ1) is 12.1. The molecule has 2 rings (SSSR count). The maximum atomic E-state index is 4.57. The van der Waals surface area contributed by atoms with Crippen molar-refractivity contribution in [1.82, 2.24) is 10.3 Å². The largest absolute Gasteiger partial charge is 0.314 e. The van der Waals surface area contributed by atoms with Gasteiger partial charge >= 0.3 is 0 Å². The van der Waals surface area contributed by atoms with E-state index < -0.39 is 0 Å². The molecule has 1 heterocycles. The molecule has 1 aromatic heterocycles. The standard InChI is InChI=1S/C13H22N2S/c1-3-14-12-6-4-5-11(7-12)8-13-9-16-10(2)15-13/h9,11-12,14H,3-8H2,1-2H3. The molecule has 1 aliphatic rings. The van der Waals surface area contributed by atoms with Crippen molar-refractivity contribution in [2.45, 2.75) is 52.0 Å². The molecule has 1 saturated carbocycles. The number of rotatable bonds is 4. The van der Waals surface area contributed by atoms with Crippen molar-refractivity contribution in [3.63, 3.8) is 0 Å². The topological polar surface area (TPSA) is 24.9 Å². The van der Waals surface area contributed by atoms with Gasteiger partial charge in [0, 0.05) is 11.4 Å². The van der Waals surface area contributed by atoms with Crippen LogP contribution in [0.3, 0.4) is 0 Å². The summed E-state index contributed by atoms with van der Waals surface area (Å²) in [7, 11) is 0. The zero-order chi connectivity index (χ0) is 11.4. The minimum absolute atomic E-state index is 0.753. The molecule has 2 nitrogen and oxygen atoms in total. The van der Waals surface area contributed by atoms with Gasteiger partial charge in [-0.05, 0) is 45.1 Å². The summed E-state index contributed by atoms with van der Waals surface area (Å²) in [6.45, 7) is 5.40. The number of hydrogen-bond donors (Lipinski definition) is 1. The van der Waals surface area contributed by atoms with E-state index in [0.29, 0.717) is 0 Å². The van der Waals surface area contributed by atoms with E-state index >= 15 is 0 Å². The highest BCUT2D eigenvalue weighted by molar-refractivity contribution is 7.09. The highest BCUT2D eigenvalue weighted by Crippen LogP contribution is 2.27. The Morgan fingerprint density at radius 2 is 2.38 bits per heavy atom. The van der Waals surface area contributed by atoms with Crippen LogP contribution in [0.4, 0.5) is 0 Å². The second-order valence-corrected chi connectivity index (χ2v) is 5.91. The van der Waals surface area contributed by atoms with Crippen LogP contribution < -0.4 is 5.32 Å². The third kappa shape index (κ3) is 3.29. The summed E-state index contributed by atoms with van der Waals surface area (Å²) in [5.41, 5.74) is 1.31. The third-order valence-corrected chi connectivity index (χ3v) is 4.26. The van der Waals surface area contributed by atoms with Crippen LogP contribution in [0.1, 0.15) is 43.3 Å². The van der Waals surface area contributed by atoms with Crippen LogP contribution in [0.15, 0.2) is 5.38 Å². The van der Waals surface area contributed by atoms with Crippen molar-refractivity contribution < 1.29 is 0 Å². The molecule has 0 aromatic carbocycles. The van der Waals surface area contributed by atoms with Crippen molar-refractivity contribution in [3.05, 3.63) is 16.1 Å². The molecule has 1 aromatic rings. The molecule has 2 unspecified atom stereocenters. The molecule has 0 bridgehead atoms. The average Bonchev–Trinajstić information content (AvgIpc) is 2.65. The molecular weight excluding hydrogens is 216 g/mol. The lowest BCUT2D eigenvalue weighted by molar-refractivity contribution is 0.286. The summed E-state index contributed by atoms with van der Waals surface area (Å²) in [5, 5.41) is 7.02. The van der Waals surface area contributed by atoms with Gasteiger partial charge in [0.2, 0.25) is 0 Å². The van der Waals surface area contributed by atoms with E-state index in [1.165, 1.54) is 42.8 Å². The van der Waals surface area contributed by atoms with Crippen LogP contribution in [-0.4, -0.2) is 17.6 Å². The summed E-state index contributed by atoms with van der Waals surface area (Å²) in [5.74, 6) is 0.847. The molecule has 1 fully saturated rings. The monoisotopic (exact) mass is 238 g/mol. The number of hydrogen-bond acceptors (Lipinski definition) is 3. The Kier molecular flexibility index (Phi) is 4.36. The molecule has 90 valence electrons. The van der Waals surface area contributed by atoms with Crippen LogP contribution in [0.5, 0.6) is 0 Å². The van der Waals surface area contributed by atoms with Gasteiger partial charge in [0.25, 0.3) is 0 Å². The van der Waals surface area contributed by atoms with Crippen LogP contribution in [0.25, 0.3) is 0 Å². The Morgan fingerprint density at radius 3 is 3.06 bits per heavy atom. The molecule has 0 spiro atoms. The molecule has 1 aliphatic carbocycles. The number of thiazole rings is 1. The second-order valence-electron chi connectivity index (χ2n) is 4.85. The quantitative estimate of drug-likeness (QED) is 0.871. The first-order valence-corrected chi connectivity index (χ1v) is 7.30. The van der Waals surface area contributed by atoms with E-state index in [9.17, 15) is 0 Å². The molecule has 16 heavy (non-hydrogen) atoms. The van der Waals surface area contributed by atoms with Crippen molar-refractivity contribution in [1.29, 1.82) is 0 Å². The molecule has 1 N–H and O–H groups in total. The lowest BCUT2D eigenvalue weighted by atomic mass is 9.83. The molecule has 0 radical (unpaired) electrons. The van der Waals surface area contributed by atoms with E-state index in [0.717, 1.165) is 18.5 Å². The molecule has 2 atom stereocenters. The molecule has 0 saturated heterocycles. The zero-order valence-electron chi connectivity index (χ0n) is 10.3. The van der Waals surface area contributed by atoms with Gasteiger partial charge < -0.3 is 5.32 Å². The van der Waals surface area contributed by atoms with Crippen LogP contribution in [0.2, 0.25) is 0 Å². The van der Waals surface area contributed by atoms with Crippen LogP contribution in [-0.2, 0) is 6.42 Å². The van der Waals surface area contributed by atoms with Crippen LogP contribution >= 0.6 is 11.3 Å². The van der Waals surface area contributed by atoms with Gasteiger partial charge in [0.15, 0.2) is 0 Å². The first-order chi connectivity index (χ1) is 7.78. The Morgan fingerprint density at radius 1 is 1.50 bits per heavy atom. The fraction of sp³-hybridized carbons (Fsp3) is 0.769. The molecular formula is C13H22N2S. The third-order valence-electron chi connectivity index (χ3n) is 3.44.